The Bertz CT molecular complexity index is 888. The third kappa shape index (κ3) is 2.51. The maximum atomic E-state index is 14.1. The van der Waals surface area contributed by atoms with Crippen LogP contribution in [0.1, 0.15) is 17.0 Å². The van der Waals surface area contributed by atoms with E-state index in [0.717, 1.165) is 47.9 Å². The van der Waals surface area contributed by atoms with Crippen LogP contribution in [0.3, 0.4) is 0 Å². The summed E-state index contributed by atoms with van der Waals surface area (Å²) in [7, 11) is 0. The largest absolute Gasteiger partial charge is 0.350 e. The normalized spacial score (nSPS) is 13.9. The first-order valence-corrected chi connectivity index (χ1v) is 7.68. The second kappa shape index (κ2) is 5.67. The lowest BCUT2D eigenvalue weighted by Gasteiger charge is -2.27. The SMILES string of the molecule is Cc1ccc(N2CCc3[nH]nc(-c4cc(F)ccc4F)c3C2)nn1. The number of benzene rings is 1. The molecule has 5 nitrogen and oxygen atoms in total. The van der Waals surface area contributed by atoms with Crippen molar-refractivity contribution >= 4 is 5.82 Å². The zero-order valence-corrected chi connectivity index (χ0v) is 13.1. The Morgan fingerprint density at radius 2 is 2.00 bits per heavy atom. The summed E-state index contributed by atoms with van der Waals surface area (Å²) in [5, 5.41) is 15.5. The highest BCUT2D eigenvalue weighted by atomic mass is 19.1. The number of anilines is 1. The van der Waals surface area contributed by atoms with E-state index in [0.29, 0.717) is 12.2 Å². The van der Waals surface area contributed by atoms with Crippen LogP contribution >= 0.6 is 0 Å². The van der Waals surface area contributed by atoms with Crippen LogP contribution < -0.4 is 4.90 Å². The van der Waals surface area contributed by atoms with Crippen molar-refractivity contribution in [3.63, 3.8) is 0 Å². The molecule has 7 heteroatoms. The van der Waals surface area contributed by atoms with Gasteiger partial charge < -0.3 is 4.90 Å². The highest BCUT2D eigenvalue weighted by Gasteiger charge is 2.25. The quantitative estimate of drug-likeness (QED) is 0.786. The summed E-state index contributed by atoms with van der Waals surface area (Å²) in [6.45, 7) is 3.17. The highest BCUT2D eigenvalue weighted by molar-refractivity contribution is 5.66. The summed E-state index contributed by atoms with van der Waals surface area (Å²) in [5.74, 6) is -0.212. The zero-order valence-electron chi connectivity index (χ0n) is 13.1. The van der Waals surface area contributed by atoms with Crippen molar-refractivity contribution in [3.05, 3.63) is 58.9 Å². The number of rotatable bonds is 2. The number of aromatic amines is 1. The number of hydrogen-bond donors (Lipinski definition) is 1. The first kappa shape index (κ1) is 14.7. The van der Waals surface area contributed by atoms with E-state index in [1.54, 1.807) is 0 Å². The molecule has 0 saturated heterocycles. The van der Waals surface area contributed by atoms with Crippen LogP contribution in [0.2, 0.25) is 0 Å². The molecule has 0 amide bonds. The number of aromatic nitrogens is 4. The molecule has 0 spiro atoms. The molecule has 3 heterocycles. The van der Waals surface area contributed by atoms with Crippen molar-refractivity contribution in [1.82, 2.24) is 20.4 Å². The van der Waals surface area contributed by atoms with Crippen molar-refractivity contribution in [2.45, 2.75) is 19.9 Å². The fourth-order valence-electron chi connectivity index (χ4n) is 2.95. The van der Waals surface area contributed by atoms with Crippen LogP contribution in [0.5, 0.6) is 0 Å². The molecule has 1 aliphatic rings. The molecule has 0 fully saturated rings. The number of halogens is 2. The van der Waals surface area contributed by atoms with Crippen molar-refractivity contribution < 1.29 is 8.78 Å². The van der Waals surface area contributed by atoms with Gasteiger partial charge in [0, 0.05) is 36.3 Å². The van der Waals surface area contributed by atoms with E-state index in [4.69, 9.17) is 0 Å². The van der Waals surface area contributed by atoms with Gasteiger partial charge in [-0.25, -0.2) is 8.78 Å². The molecular weight excluding hydrogens is 312 g/mol. The van der Waals surface area contributed by atoms with Gasteiger partial charge >= 0.3 is 0 Å². The Labute approximate surface area is 137 Å². The number of H-pyrrole nitrogens is 1. The van der Waals surface area contributed by atoms with E-state index in [-0.39, 0.29) is 5.56 Å². The van der Waals surface area contributed by atoms with Crippen molar-refractivity contribution in [2.75, 3.05) is 11.4 Å². The van der Waals surface area contributed by atoms with Crippen LogP contribution in [0, 0.1) is 18.6 Å². The topological polar surface area (TPSA) is 57.7 Å². The summed E-state index contributed by atoms with van der Waals surface area (Å²) in [6, 6.07) is 7.22. The molecule has 0 atom stereocenters. The maximum Gasteiger partial charge on any atom is 0.151 e. The molecule has 24 heavy (non-hydrogen) atoms. The van der Waals surface area contributed by atoms with Gasteiger partial charge in [-0.3, -0.25) is 5.10 Å². The Balaban J connectivity index is 1.72. The van der Waals surface area contributed by atoms with E-state index in [1.807, 2.05) is 19.1 Å². The number of hydrogen-bond acceptors (Lipinski definition) is 4. The van der Waals surface area contributed by atoms with Gasteiger partial charge in [0.1, 0.15) is 17.3 Å². The lowest BCUT2D eigenvalue weighted by molar-refractivity contribution is 0.602. The monoisotopic (exact) mass is 327 g/mol. The first-order chi connectivity index (χ1) is 11.6. The Morgan fingerprint density at radius 1 is 1.12 bits per heavy atom. The second-order valence-electron chi connectivity index (χ2n) is 5.86. The number of nitrogens with zero attached hydrogens (tertiary/aromatic N) is 4. The van der Waals surface area contributed by atoms with Crippen LogP contribution in [-0.4, -0.2) is 26.9 Å². The third-order valence-corrected chi connectivity index (χ3v) is 4.22. The minimum Gasteiger partial charge on any atom is -0.350 e. The highest BCUT2D eigenvalue weighted by Crippen LogP contribution is 2.31. The standard InChI is InChI=1S/C17H15F2N5/c1-10-2-5-16(22-20-10)24-7-6-15-13(9-24)17(23-21-15)12-8-11(18)3-4-14(12)19/h2-5,8H,6-7,9H2,1H3,(H,21,23). The minimum absolute atomic E-state index is 0.171. The molecule has 4 rings (SSSR count). The number of fused-ring (bicyclic) bond motifs is 1. The predicted molar refractivity (Wildman–Crippen MR) is 85.5 cm³/mol. The van der Waals surface area contributed by atoms with E-state index < -0.39 is 11.6 Å². The molecular formula is C17H15F2N5. The zero-order chi connectivity index (χ0) is 16.7. The fraction of sp³-hybridized carbons (Fsp3) is 0.235. The average molecular weight is 327 g/mol. The van der Waals surface area contributed by atoms with Gasteiger partial charge in [-0.2, -0.15) is 10.2 Å². The number of nitrogens with one attached hydrogen (secondary N) is 1. The number of aryl methyl sites for hydroxylation is 1. The molecule has 0 radical (unpaired) electrons. The lowest BCUT2D eigenvalue weighted by atomic mass is 10.0. The molecule has 0 unspecified atom stereocenters. The van der Waals surface area contributed by atoms with Gasteiger partial charge in [0.2, 0.25) is 0 Å². The van der Waals surface area contributed by atoms with Crippen molar-refractivity contribution in [3.8, 4) is 11.3 Å². The molecule has 1 N–H and O–H groups in total. The minimum atomic E-state index is -0.488. The molecule has 122 valence electrons. The fourth-order valence-corrected chi connectivity index (χ4v) is 2.95. The average Bonchev–Trinajstić information content (AvgIpc) is 3.01. The van der Waals surface area contributed by atoms with Crippen LogP contribution in [0.4, 0.5) is 14.6 Å². The lowest BCUT2D eigenvalue weighted by Crippen LogP contribution is -2.31. The van der Waals surface area contributed by atoms with Crippen LogP contribution in [0.25, 0.3) is 11.3 Å². The molecule has 2 aromatic heterocycles. The summed E-state index contributed by atoms with van der Waals surface area (Å²) in [4.78, 5) is 2.06. The third-order valence-electron chi connectivity index (χ3n) is 4.22. The van der Waals surface area contributed by atoms with Crippen LogP contribution in [-0.2, 0) is 13.0 Å². The molecule has 0 saturated carbocycles. The second-order valence-corrected chi connectivity index (χ2v) is 5.86. The van der Waals surface area contributed by atoms with Gasteiger partial charge in [0.05, 0.1) is 5.69 Å². The molecule has 1 aromatic carbocycles. The van der Waals surface area contributed by atoms with Crippen molar-refractivity contribution in [1.29, 1.82) is 0 Å². The van der Waals surface area contributed by atoms with E-state index >= 15 is 0 Å². The van der Waals surface area contributed by atoms with Gasteiger partial charge in [-0.15, -0.1) is 5.10 Å². The van der Waals surface area contributed by atoms with Gasteiger partial charge in [0.25, 0.3) is 0 Å². The van der Waals surface area contributed by atoms with E-state index in [9.17, 15) is 8.78 Å². The maximum absolute atomic E-state index is 14.1. The summed E-state index contributed by atoms with van der Waals surface area (Å²) < 4.78 is 27.6. The Kier molecular flexibility index (Phi) is 3.48. The van der Waals surface area contributed by atoms with Crippen LogP contribution in [0.15, 0.2) is 30.3 Å². The summed E-state index contributed by atoms with van der Waals surface area (Å²) >= 11 is 0. The predicted octanol–water partition coefficient (Wildman–Crippen LogP) is 3.02. The van der Waals surface area contributed by atoms with Crippen molar-refractivity contribution in [2.24, 2.45) is 0 Å². The summed E-state index contributed by atoms with van der Waals surface area (Å²) in [5.41, 5.74) is 3.29. The molecule has 0 bridgehead atoms. The summed E-state index contributed by atoms with van der Waals surface area (Å²) in [6.07, 6.45) is 0.731. The van der Waals surface area contributed by atoms with E-state index in [2.05, 4.69) is 25.3 Å². The Morgan fingerprint density at radius 3 is 2.79 bits per heavy atom. The molecule has 1 aliphatic heterocycles. The first-order valence-electron chi connectivity index (χ1n) is 7.68. The van der Waals surface area contributed by atoms with Gasteiger partial charge in [0.15, 0.2) is 5.82 Å². The smallest absolute Gasteiger partial charge is 0.151 e. The molecule has 0 aliphatic carbocycles. The Hall–Kier alpha value is -2.83. The molecule has 3 aromatic rings. The van der Waals surface area contributed by atoms with Gasteiger partial charge in [-0.05, 0) is 37.3 Å². The van der Waals surface area contributed by atoms with E-state index in [1.165, 1.54) is 6.07 Å². The van der Waals surface area contributed by atoms with Gasteiger partial charge in [-0.1, -0.05) is 0 Å².